The van der Waals surface area contributed by atoms with Crippen molar-refractivity contribution in [1.29, 1.82) is 0 Å². The molecule has 0 saturated carbocycles. The summed E-state index contributed by atoms with van der Waals surface area (Å²) in [4.78, 5) is 11.2. The van der Waals surface area contributed by atoms with Gasteiger partial charge in [-0.15, -0.1) is 0 Å². The van der Waals surface area contributed by atoms with Gasteiger partial charge < -0.3 is 19.5 Å². The zero-order valence-electron chi connectivity index (χ0n) is 12.9. The fourth-order valence-electron chi connectivity index (χ4n) is 1.58. The topological polar surface area (TPSA) is 81.2 Å². The van der Waals surface area contributed by atoms with Crippen molar-refractivity contribution in [3.05, 3.63) is 17.7 Å². The summed E-state index contributed by atoms with van der Waals surface area (Å²) in [6, 6.07) is 3.34. The van der Waals surface area contributed by atoms with Gasteiger partial charge in [-0.2, -0.15) is 5.10 Å². The number of nitrogens with zero attached hydrogens (tertiary/aromatic N) is 1. The van der Waals surface area contributed by atoms with Crippen molar-refractivity contribution in [2.45, 2.75) is 13.8 Å². The fraction of sp³-hybridized carbons (Fsp3) is 0.357. The van der Waals surface area contributed by atoms with Crippen molar-refractivity contribution in [2.24, 2.45) is 5.10 Å². The van der Waals surface area contributed by atoms with Crippen molar-refractivity contribution in [3.8, 4) is 17.2 Å². The maximum absolute atomic E-state index is 11.2. The summed E-state index contributed by atoms with van der Waals surface area (Å²) < 4.78 is 15.5. The monoisotopic (exact) mass is 325 g/mol. The highest BCUT2D eigenvalue weighted by Crippen LogP contribution is 2.38. The van der Waals surface area contributed by atoms with Crippen molar-refractivity contribution in [1.82, 2.24) is 10.7 Å². The first kappa shape index (κ1) is 17.7. The largest absolute Gasteiger partial charge is 0.493 e. The predicted molar refractivity (Wildman–Crippen MR) is 87.9 cm³/mol. The summed E-state index contributed by atoms with van der Waals surface area (Å²) in [5.74, 6) is 0.497. The molecule has 120 valence electrons. The van der Waals surface area contributed by atoms with Crippen LogP contribution >= 0.6 is 12.2 Å². The Hall–Kier alpha value is -2.35. The second-order valence-corrected chi connectivity index (χ2v) is 4.49. The highest BCUT2D eigenvalue weighted by Gasteiger charge is 2.15. The van der Waals surface area contributed by atoms with Crippen LogP contribution in [0, 0.1) is 0 Å². The summed E-state index contributed by atoms with van der Waals surface area (Å²) in [5.41, 5.74) is 3.37. The van der Waals surface area contributed by atoms with Gasteiger partial charge in [0.25, 0.3) is 0 Å². The fourth-order valence-corrected chi connectivity index (χ4v) is 1.78. The minimum Gasteiger partial charge on any atom is -0.493 e. The number of carbonyl (C=O) groups excluding carboxylic acids is 1. The number of carbonyl (C=O) groups is 1. The summed E-state index contributed by atoms with van der Waals surface area (Å²) in [7, 11) is 2.95. The van der Waals surface area contributed by atoms with E-state index >= 15 is 0 Å². The second kappa shape index (κ2) is 8.83. The average molecular weight is 325 g/mol. The molecule has 0 spiro atoms. The highest BCUT2D eigenvalue weighted by atomic mass is 32.1. The van der Waals surface area contributed by atoms with Crippen LogP contribution in [0.25, 0.3) is 0 Å². The van der Waals surface area contributed by atoms with E-state index in [4.69, 9.17) is 26.4 Å². The predicted octanol–water partition coefficient (Wildman–Crippen LogP) is 1.45. The maximum atomic E-state index is 11.2. The van der Waals surface area contributed by atoms with Gasteiger partial charge in [-0.1, -0.05) is 0 Å². The summed E-state index contributed by atoms with van der Waals surface area (Å²) >= 11 is 4.99. The van der Waals surface area contributed by atoms with Gasteiger partial charge in [0.15, 0.2) is 16.6 Å². The number of methoxy groups -OCH3 is 2. The maximum Gasteiger partial charge on any atom is 0.308 e. The van der Waals surface area contributed by atoms with Crippen LogP contribution < -0.4 is 25.0 Å². The molecule has 0 unspecified atom stereocenters. The van der Waals surface area contributed by atoms with Crippen LogP contribution in [0.15, 0.2) is 17.2 Å². The zero-order valence-corrected chi connectivity index (χ0v) is 13.7. The third-order valence-electron chi connectivity index (χ3n) is 2.45. The molecule has 0 amide bonds. The molecule has 1 rings (SSSR count). The molecule has 0 radical (unpaired) electrons. The molecule has 0 bridgehead atoms. The molecular weight excluding hydrogens is 306 g/mol. The van der Waals surface area contributed by atoms with Crippen molar-refractivity contribution < 1.29 is 19.0 Å². The van der Waals surface area contributed by atoms with E-state index < -0.39 is 5.97 Å². The first-order chi connectivity index (χ1) is 10.5. The average Bonchev–Trinajstić information content (AvgIpc) is 2.48. The number of hydrogen-bond donors (Lipinski definition) is 2. The number of esters is 1. The molecular formula is C14H19N3O4S. The Morgan fingerprint density at radius 1 is 1.32 bits per heavy atom. The van der Waals surface area contributed by atoms with E-state index in [-0.39, 0.29) is 5.75 Å². The van der Waals surface area contributed by atoms with Gasteiger partial charge in [0, 0.05) is 19.0 Å². The van der Waals surface area contributed by atoms with Crippen LogP contribution in [0.2, 0.25) is 0 Å². The number of hydrogen-bond acceptors (Lipinski definition) is 6. The summed E-state index contributed by atoms with van der Waals surface area (Å²) in [6.07, 6.45) is 1.55. The standard InChI is InChI=1S/C14H19N3O4S/c1-5-15-14(22)17-16-8-10-6-11(19-3)13(21-9(2)18)12(7-10)20-4/h6-8H,5H2,1-4H3,(H2,15,17,22). The molecule has 0 aliphatic carbocycles. The Kier molecular flexibility index (Phi) is 7.11. The molecule has 1 aromatic rings. The van der Waals surface area contributed by atoms with Gasteiger partial charge in [0.1, 0.15) is 0 Å². The lowest BCUT2D eigenvalue weighted by atomic mass is 10.2. The molecule has 2 N–H and O–H groups in total. The van der Waals surface area contributed by atoms with Crippen LogP contribution in [0.4, 0.5) is 0 Å². The molecule has 0 heterocycles. The normalized spacial score (nSPS) is 10.2. The molecule has 8 heteroatoms. The molecule has 22 heavy (non-hydrogen) atoms. The van der Waals surface area contributed by atoms with E-state index in [0.29, 0.717) is 28.7 Å². The first-order valence-electron chi connectivity index (χ1n) is 6.53. The quantitative estimate of drug-likeness (QED) is 0.269. The molecule has 0 aromatic heterocycles. The van der Waals surface area contributed by atoms with Crippen LogP contribution in [0.5, 0.6) is 17.2 Å². The third kappa shape index (κ3) is 5.21. The van der Waals surface area contributed by atoms with E-state index in [1.807, 2.05) is 6.92 Å². The van der Waals surface area contributed by atoms with Crippen molar-refractivity contribution in [2.75, 3.05) is 20.8 Å². The van der Waals surface area contributed by atoms with E-state index in [1.54, 1.807) is 18.3 Å². The van der Waals surface area contributed by atoms with Crippen molar-refractivity contribution >= 4 is 29.5 Å². The molecule has 0 aliphatic heterocycles. The van der Waals surface area contributed by atoms with Crippen LogP contribution in [0.3, 0.4) is 0 Å². The Morgan fingerprint density at radius 2 is 1.91 bits per heavy atom. The smallest absolute Gasteiger partial charge is 0.308 e. The third-order valence-corrected chi connectivity index (χ3v) is 2.68. The van der Waals surface area contributed by atoms with Gasteiger partial charge in [-0.25, -0.2) is 0 Å². The molecule has 0 aliphatic rings. The van der Waals surface area contributed by atoms with E-state index in [1.165, 1.54) is 21.1 Å². The van der Waals surface area contributed by atoms with E-state index in [2.05, 4.69) is 15.8 Å². The Balaban J connectivity index is 3.00. The SMILES string of the molecule is CCNC(=S)NN=Cc1cc(OC)c(OC(C)=O)c(OC)c1. The van der Waals surface area contributed by atoms with Gasteiger partial charge >= 0.3 is 5.97 Å². The summed E-state index contributed by atoms with van der Waals surface area (Å²) in [6.45, 7) is 3.95. The summed E-state index contributed by atoms with van der Waals surface area (Å²) in [5, 5.41) is 7.34. The van der Waals surface area contributed by atoms with Crippen molar-refractivity contribution in [3.63, 3.8) is 0 Å². The lowest BCUT2D eigenvalue weighted by Gasteiger charge is -2.13. The number of thiocarbonyl (C=S) groups is 1. The minimum absolute atomic E-state index is 0.228. The Bertz CT molecular complexity index is 550. The number of rotatable bonds is 6. The van der Waals surface area contributed by atoms with Gasteiger partial charge in [-0.05, 0) is 31.3 Å². The van der Waals surface area contributed by atoms with Crippen LogP contribution in [-0.2, 0) is 4.79 Å². The van der Waals surface area contributed by atoms with Gasteiger partial charge in [0.2, 0.25) is 5.75 Å². The van der Waals surface area contributed by atoms with Crippen LogP contribution in [-0.4, -0.2) is 38.1 Å². The highest BCUT2D eigenvalue weighted by molar-refractivity contribution is 7.80. The number of ether oxygens (including phenoxy) is 3. The lowest BCUT2D eigenvalue weighted by Crippen LogP contribution is -2.31. The van der Waals surface area contributed by atoms with Crippen LogP contribution in [0.1, 0.15) is 19.4 Å². The molecule has 0 saturated heterocycles. The molecule has 7 nitrogen and oxygen atoms in total. The number of nitrogens with one attached hydrogen (secondary N) is 2. The van der Waals surface area contributed by atoms with E-state index in [9.17, 15) is 4.79 Å². The molecule has 0 atom stereocenters. The number of hydrazone groups is 1. The Labute approximate surface area is 134 Å². The Morgan fingerprint density at radius 3 is 2.36 bits per heavy atom. The minimum atomic E-state index is -0.462. The van der Waals surface area contributed by atoms with Gasteiger partial charge in [0.05, 0.1) is 20.4 Å². The van der Waals surface area contributed by atoms with Gasteiger partial charge in [-0.3, -0.25) is 10.2 Å². The number of benzene rings is 1. The second-order valence-electron chi connectivity index (χ2n) is 4.08. The molecule has 1 aromatic carbocycles. The van der Waals surface area contributed by atoms with E-state index in [0.717, 1.165) is 0 Å². The lowest BCUT2D eigenvalue weighted by molar-refractivity contribution is -0.132. The first-order valence-corrected chi connectivity index (χ1v) is 6.94. The molecule has 0 fully saturated rings. The zero-order chi connectivity index (χ0) is 16.5.